The zero-order valence-electron chi connectivity index (χ0n) is 7.99. The van der Waals surface area contributed by atoms with Crippen LogP contribution in [0.25, 0.3) is 0 Å². The van der Waals surface area contributed by atoms with Gasteiger partial charge in [0.05, 0.1) is 25.1 Å². The van der Waals surface area contributed by atoms with E-state index in [2.05, 4.69) is 10.6 Å². The molecule has 1 aliphatic carbocycles. The van der Waals surface area contributed by atoms with Gasteiger partial charge >= 0.3 is 0 Å². The first-order chi connectivity index (χ1) is 6.72. The van der Waals surface area contributed by atoms with E-state index < -0.39 is 0 Å². The van der Waals surface area contributed by atoms with E-state index in [4.69, 9.17) is 10.4 Å². The van der Waals surface area contributed by atoms with E-state index >= 15 is 0 Å². The SMILES string of the molecule is N#CCCNC(=O)CNC1CC(O)C1. The molecule has 0 saturated heterocycles. The number of nitriles is 1. The lowest BCUT2D eigenvalue weighted by Crippen LogP contribution is -2.47. The number of aliphatic hydroxyl groups excluding tert-OH is 1. The van der Waals surface area contributed by atoms with Crippen LogP contribution in [0.5, 0.6) is 0 Å². The highest BCUT2D eigenvalue weighted by molar-refractivity contribution is 5.78. The number of amides is 1. The van der Waals surface area contributed by atoms with Crippen molar-refractivity contribution in [2.24, 2.45) is 0 Å². The predicted octanol–water partition coefficient (Wildman–Crippen LogP) is -0.871. The summed E-state index contributed by atoms with van der Waals surface area (Å²) in [6.07, 6.45) is 1.60. The molecule has 5 heteroatoms. The largest absolute Gasteiger partial charge is 0.393 e. The minimum atomic E-state index is -0.200. The standard InChI is InChI=1S/C9H15N3O2/c10-2-1-3-11-9(14)6-12-7-4-8(13)5-7/h7-8,12-13H,1,3-6H2,(H,11,14). The Morgan fingerprint density at radius 3 is 2.86 bits per heavy atom. The van der Waals surface area contributed by atoms with Crippen LogP contribution in [0.1, 0.15) is 19.3 Å². The molecule has 1 rings (SSSR count). The van der Waals surface area contributed by atoms with Gasteiger partial charge in [0, 0.05) is 12.6 Å². The van der Waals surface area contributed by atoms with Crippen molar-refractivity contribution in [1.82, 2.24) is 10.6 Å². The average Bonchev–Trinajstić information content (AvgIpc) is 2.11. The zero-order valence-corrected chi connectivity index (χ0v) is 7.99. The van der Waals surface area contributed by atoms with Gasteiger partial charge in [-0.05, 0) is 12.8 Å². The third-order valence-electron chi connectivity index (χ3n) is 2.22. The van der Waals surface area contributed by atoms with E-state index in [9.17, 15) is 4.79 Å². The molecule has 0 aromatic rings. The fourth-order valence-corrected chi connectivity index (χ4v) is 1.31. The van der Waals surface area contributed by atoms with Crippen molar-refractivity contribution < 1.29 is 9.90 Å². The second-order valence-electron chi connectivity index (χ2n) is 3.46. The van der Waals surface area contributed by atoms with Crippen LogP contribution in [0, 0.1) is 11.3 Å². The number of hydrogen-bond acceptors (Lipinski definition) is 4. The Morgan fingerprint density at radius 1 is 1.57 bits per heavy atom. The Balaban J connectivity index is 1.96. The molecule has 5 nitrogen and oxygen atoms in total. The van der Waals surface area contributed by atoms with Gasteiger partial charge in [-0.25, -0.2) is 0 Å². The van der Waals surface area contributed by atoms with Crippen LogP contribution in [0.15, 0.2) is 0 Å². The van der Waals surface area contributed by atoms with Gasteiger partial charge in [0.25, 0.3) is 0 Å². The Hall–Kier alpha value is -1.12. The molecule has 1 amide bonds. The molecule has 0 radical (unpaired) electrons. The summed E-state index contributed by atoms with van der Waals surface area (Å²) >= 11 is 0. The smallest absolute Gasteiger partial charge is 0.233 e. The first-order valence-corrected chi connectivity index (χ1v) is 4.77. The lowest BCUT2D eigenvalue weighted by Gasteiger charge is -2.31. The maximum Gasteiger partial charge on any atom is 0.233 e. The molecule has 0 heterocycles. The summed E-state index contributed by atoms with van der Waals surface area (Å²) in [7, 11) is 0. The molecule has 78 valence electrons. The molecule has 0 aromatic heterocycles. The van der Waals surface area contributed by atoms with Gasteiger partial charge in [-0.1, -0.05) is 0 Å². The van der Waals surface area contributed by atoms with E-state index in [0.717, 1.165) is 12.8 Å². The van der Waals surface area contributed by atoms with Crippen molar-refractivity contribution in [2.45, 2.75) is 31.4 Å². The van der Waals surface area contributed by atoms with E-state index in [0.29, 0.717) is 13.0 Å². The average molecular weight is 197 g/mol. The third-order valence-corrected chi connectivity index (χ3v) is 2.22. The topological polar surface area (TPSA) is 85.2 Å². The van der Waals surface area contributed by atoms with E-state index in [1.54, 1.807) is 0 Å². The maximum absolute atomic E-state index is 11.1. The van der Waals surface area contributed by atoms with Crippen LogP contribution in [-0.4, -0.2) is 36.2 Å². The Kier molecular flexibility index (Phi) is 4.36. The number of aliphatic hydroxyl groups is 1. The van der Waals surface area contributed by atoms with Crippen molar-refractivity contribution in [3.8, 4) is 6.07 Å². The normalized spacial score (nSPS) is 24.9. The van der Waals surface area contributed by atoms with Crippen LogP contribution in [0.3, 0.4) is 0 Å². The summed E-state index contributed by atoms with van der Waals surface area (Å²) in [5.41, 5.74) is 0. The van der Waals surface area contributed by atoms with Crippen molar-refractivity contribution in [3.63, 3.8) is 0 Å². The second kappa shape index (κ2) is 5.58. The van der Waals surface area contributed by atoms with E-state index in [1.165, 1.54) is 0 Å². The summed E-state index contributed by atoms with van der Waals surface area (Å²) in [5, 5.41) is 22.8. The second-order valence-corrected chi connectivity index (χ2v) is 3.46. The molecular weight excluding hydrogens is 182 g/mol. The van der Waals surface area contributed by atoms with Gasteiger partial charge in [0.1, 0.15) is 0 Å². The van der Waals surface area contributed by atoms with E-state index in [-0.39, 0.29) is 24.6 Å². The highest BCUT2D eigenvalue weighted by Gasteiger charge is 2.26. The number of carbonyl (C=O) groups is 1. The molecule has 0 bridgehead atoms. The number of nitrogens with zero attached hydrogens (tertiary/aromatic N) is 1. The Morgan fingerprint density at radius 2 is 2.29 bits per heavy atom. The fraction of sp³-hybridized carbons (Fsp3) is 0.778. The lowest BCUT2D eigenvalue weighted by molar-refractivity contribution is -0.120. The van der Waals surface area contributed by atoms with Crippen LogP contribution in [-0.2, 0) is 4.79 Å². The van der Waals surface area contributed by atoms with Crippen molar-refractivity contribution >= 4 is 5.91 Å². The summed E-state index contributed by atoms with van der Waals surface area (Å²) in [6.45, 7) is 0.674. The van der Waals surface area contributed by atoms with Gasteiger partial charge in [-0.2, -0.15) is 5.26 Å². The van der Waals surface area contributed by atoms with Crippen molar-refractivity contribution in [1.29, 1.82) is 5.26 Å². The van der Waals surface area contributed by atoms with Crippen LogP contribution in [0.4, 0.5) is 0 Å². The van der Waals surface area contributed by atoms with Crippen molar-refractivity contribution in [2.75, 3.05) is 13.1 Å². The van der Waals surface area contributed by atoms with Gasteiger partial charge in [-0.3, -0.25) is 4.79 Å². The maximum atomic E-state index is 11.1. The zero-order chi connectivity index (χ0) is 10.4. The summed E-state index contributed by atoms with van der Waals surface area (Å²) in [5.74, 6) is -0.0957. The Labute approximate surface area is 83.1 Å². The van der Waals surface area contributed by atoms with Gasteiger partial charge in [-0.15, -0.1) is 0 Å². The van der Waals surface area contributed by atoms with Gasteiger partial charge in [0.15, 0.2) is 0 Å². The predicted molar refractivity (Wildman–Crippen MR) is 50.3 cm³/mol. The monoisotopic (exact) mass is 197 g/mol. The molecule has 0 aromatic carbocycles. The number of rotatable bonds is 5. The molecule has 1 saturated carbocycles. The number of carbonyl (C=O) groups excluding carboxylic acids is 1. The van der Waals surface area contributed by atoms with Crippen LogP contribution in [0.2, 0.25) is 0 Å². The first-order valence-electron chi connectivity index (χ1n) is 4.77. The van der Waals surface area contributed by atoms with E-state index in [1.807, 2.05) is 6.07 Å². The minimum absolute atomic E-state index is 0.0957. The molecule has 0 aliphatic heterocycles. The van der Waals surface area contributed by atoms with Gasteiger partial charge < -0.3 is 15.7 Å². The molecular formula is C9H15N3O2. The quantitative estimate of drug-likeness (QED) is 0.500. The molecule has 0 unspecified atom stereocenters. The molecule has 0 atom stereocenters. The van der Waals surface area contributed by atoms with Gasteiger partial charge in [0.2, 0.25) is 5.91 Å². The highest BCUT2D eigenvalue weighted by atomic mass is 16.3. The molecule has 1 fully saturated rings. The molecule has 3 N–H and O–H groups in total. The highest BCUT2D eigenvalue weighted by Crippen LogP contribution is 2.18. The van der Waals surface area contributed by atoms with Crippen LogP contribution >= 0.6 is 0 Å². The van der Waals surface area contributed by atoms with Crippen LogP contribution < -0.4 is 10.6 Å². The summed E-state index contributed by atoms with van der Waals surface area (Å²) < 4.78 is 0. The molecule has 1 aliphatic rings. The Bertz CT molecular complexity index is 231. The summed E-state index contributed by atoms with van der Waals surface area (Å²) in [6, 6.07) is 2.22. The molecule has 14 heavy (non-hydrogen) atoms. The number of nitrogens with one attached hydrogen (secondary N) is 2. The number of hydrogen-bond donors (Lipinski definition) is 3. The fourth-order valence-electron chi connectivity index (χ4n) is 1.31. The molecule has 0 spiro atoms. The van der Waals surface area contributed by atoms with Crippen molar-refractivity contribution in [3.05, 3.63) is 0 Å². The lowest BCUT2D eigenvalue weighted by atomic mass is 9.89. The minimum Gasteiger partial charge on any atom is -0.393 e. The first kappa shape index (κ1) is 11.0. The summed E-state index contributed by atoms with van der Waals surface area (Å²) in [4.78, 5) is 11.1. The third kappa shape index (κ3) is 3.73.